The summed E-state index contributed by atoms with van der Waals surface area (Å²) in [6.07, 6.45) is 0. The number of carbonyl (C=O) groups excluding carboxylic acids is 2. The average molecular weight is 290 g/mol. The third-order valence-corrected chi connectivity index (χ3v) is 3.14. The highest BCUT2D eigenvalue weighted by Crippen LogP contribution is 2.27. The summed E-state index contributed by atoms with van der Waals surface area (Å²) in [4.78, 5) is 24.1. The van der Waals surface area contributed by atoms with Crippen LogP contribution in [0.15, 0.2) is 35.4 Å². The van der Waals surface area contributed by atoms with Crippen LogP contribution in [0.2, 0.25) is 0 Å². The van der Waals surface area contributed by atoms with Crippen LogP contribution in [0.3, 0.4) is 0 Å². The van der Waals surface area contributed by atoms with Crippen molar-refractivity contribution < 1.29 is 19.1 Å². The molecule has 0 aromatic heterocycles. The summed E-state index contributed by atoms with van der Waals surface area (Å²) in [5.74, 6) is -1.47. The molecule has 0 unspecified atom stereocenters. The Bertz CT molecular complexity index is 542. The Hall–Kier alpha value is -2.37. The van der Waals surface area contributed by atoms with Crippen molar-refractivity contribution in [1.82, 2.24) is 5.43 Å². The van der Waals surface area contributed by atoms with Crippen LogP contribution in [-0.4, -0.2) is 36.9 Å². The quantitative estimate of drug-likeness (QED) is 0.825. The summed E-state index contributed by atoms with van der Waals surface area (Å²) >= 11 is 0. The molecule has 1 N–H and O–H groups in total. The number of nitrogens with one attached hydrogen (secondary N) is 1. The molecule has 6 nitrogen and oxygen atoms in total. The van der Waals surface area contributed by atoms with Crippen molar-refractivity contribution in [3.05, 3.63) is 35.9 Å². The summed E-state index contributed by atoms with van der Waals surface area (Å²) in [7, 11) is 0. The lowest BCUT2D eigenvalue weighted by molar-refractivity contribution is -0.145. The second-order valence-corrected chi connectivity index (χ2v) is 4.46. The number of rotatable bonds is 5. The van der Waals surface area contributed by atoms with E-state index >= 15 is 0 Å². The van der Waals surface area contributed by atoms with Gasteiger partial charge in [-0.3, -0.25) is 5.43 Å². The van der Waals surface area contributed by atoms with E-state index in [2.05, 4.69) is 10.5 Å². The largest absolute Gasteiger partial charge is 0.464 e. The maximum Gasteiger partial charge on any atom is 0.355 e. The van der Waals surface area contributed by atoms with Gasteiger partial charge in [-0.1, -0.05) is 30.3 Å². The minimum Gasteiger partial charge on any atom is -0.464 e. The molecular formula is C15H18N2O4. The third-order valence-electron chi connectivity index (χ3n) is 3.14. The summed E-state index contributed by atoms with van der Waals surface area (Å²) in [5, 5.41) is 3.99. The summed E-state index contributed by atoms with van der Waals surface area (Å²) < 4.78 is 10.0. The zero-order chi connectivity index (χ0) is 15.2. The van der Waals surface area contributed by atoms with Gasteiger partial charge in [0.2, 0.25) is 0 Å². The molecule has 1 aromatic rings. The van der Waals surface area contributed by atoms with E-state index in [1.54, 1.807) is 13.8 Å². The first-order chi connectivity index (χ1) is 10.2. The van der Waals surface area contributed by atoms with Crippen molar-refractivity contribution in [2.45, 2.75) is 25.8 Å². The zero-order valence-electron chi connectivity index (χ0n) is 12.0. The monoisotopic (exact) mass is 290 g/mol. The number of hydrogen-bond acceptors (Lipinski definition) is 6. The molecule has 1 aliphatic rings. The van der Waals surface area contributed by atoms with Crippen molar-refractivity contribution >= 4 is 17.7 Å². The van der Waals surface area contributed by atoms with Crippen LogP contribution in [0.5, 0.6) is 0 Å². The van der Waals surface area contributed by atoms with E-state index in [9.17, 15) is 9.59 Å². The Morgan fingerprint density at radius 2 is 1.81 bits per heavy atom. The number of nitrogens with zero attached hydrogens (tertiary/aromatic N) is 1. The second-order valence-electron chi connectivity index (χ2n) is 4.46. The average Bonchev–Trinajstić information content (AvgIpc) is 2.93. The van der Waals surface area contributed by atoms with Gasteiger partial charge < -0.3 is 9.47 Å². The molecule has 112 valence electrons. The van der Waals surface area contributed by atoms with Crippen LogP contribution in [-0.2, 0) is 19.1 Å². The standard InChI is InChI=1S/C15H18N2O4/c1-3-20-14(18)12-11(10-8-6-5-7-9-10)13(17-16-12)15(19)21-4-2/h5-9,11-12,16H,3-4H2,1-2H3/t11-,12-/m1/s1. The number of benzene rings is 1. The maximum absolute atomic E-state index is 12.0. The molecule has 6 heteroatoms. The van der Waals surface area contributed by atoms with Crippen LogP contribution in [0.1, 0.15) is 25.3 Å². The van der Waals surface area contributed by atoms with Crippen molar-refractivity contribution in [2.24, 2.45) is 5.10 Å². The molecular weight excluding hydrogens is 272 g/mol. The van der Waals surface area contributed by atoms with E-state index in [0.29, 0.717) is 0 Å². The van der Waals surface area contributed by atoms with Gasteiger partial charge in [0.15, 0.2) is 11.8 Å². The van der Waals surface area contributed by atoms with E-state index in [1.807, 2.05) is 30.3 Å². The topological polar surface area (TPSA) is 77.0 Å². The molecule has 0 spiro atoms. The van der Waals surface area contributed by atoms with E-state index in [4.69, 9.17) is 9.47 Å². The van der Waals surface area contributed by atoms with Gasteiger partial charge in [-0.15, -0.1) is 0 Å². The van der Waals surface area contributed by atoms with Gasteiger partial charge in [0.25, 0.3) is 0 Å². The van der Waals surface area contributed by atoms with Crippen molar-refractivity contribution in [3.63, 3.8) is 0 Å². The van der Waals surface area contributed by atoms with Gasteiger partial charge in [0.05, 0.1) is 19.1 Å². The Morgan fingerprint density at radius 1 is 1.14 bits per heavy atom. The Labute approximate surface area is 123 Å². The van der Waals surface area contributed by atoms with Crippen LogP contribution >= 0.6 is 0 Å². The third kappa shape index (κ3) is 3.21. The van der Waals surface area contributed by atoms with Crippen molar-refractivity contribution in [2.75, 3.05) is 13.2 Å². The van der Waals surface area contributed by atoms with Gasteiger partial charge in [0.1, 0.15) is 0 Å². The van der Waals surface area contributed by atoms with Crippen LogP contribution in [0.25, 0.3) is 0 Å². The molecule has 0 amide bonds. The van der Waals surface area contributed by atoms with Gasteiger partial charge in [0, 0.05) is 0 Å². The number of carbonyl (C=O) groups is 2. The molecule has 0 saturated carbocycles. The highest BCUT2D eigenvalue weighted by atomic mass is 16.5. The molecule has 21 heavy (non-hydrogen) atoms. The van der Waals surface area contributed by atoms with E-state index in [-0.39, 0.29) is 18.9 Å². The Morgan fingerprint density at radius 3 is 2.43 bits per heavy atom. The SMILES string of the molecule is CCOC(=O)C1=NN[C@@H](C(=O)OCC)[C@H]1c1ccccc1. The number of ether oxygens (including phenoxy) is 2. The molecule has 0 bridgehead atoms. The predicted octanol–water partition coefficient (Wildman–Crippen LogP) is 1.22. The first-order valence-electron chi connectivity index (χ1n) is 6.90. The minimum absolute atomic E-state index is 0.195. The lowest BCUT2D eigenvalue weighted by Crippen LogP contribution is -2.39. The van der Waals surface area contributed by atoms with Gasteiger partial charge in [-0.25, -0.2) is 9.59 Å². The lowest BCUT2D eigenvalue weighted by atomic mass is 9.88. The molecule has 1 aromatic carbocycles. The molecule has 0 saturated heterocycles. The van der Waals surface area contributed by atoms with E-state index in [1.165, 1.54) is 0 Å². The van der Waals surface area contributed by atoms with Gasteiger partial charge in [-0.2, -0.15) is 5.10 Å². The first kappa shape index (κ1) is 15.0. The number of hydrogen-bond donors (Lipinski definition) is 1. The molecule has 2 rings (SSSR count). The molecule has 1 aliphatic heterocycles. The lowest BCUT2D eigenvalue weighted by Gasteiger charge is -2.19. The van der Waals surface area contributed by atoms with Crippen molar-refractivity contribution in [3.8, 4) is 0 Å². The summed E-state index contributed by atoms with van der Waals surface area (Å²) in [6, 6.07) is 8.54. The van der Waals surface area contributed by atoms with Gasteiger partial charge >= 0.3 is 11.9 Å². The molecule has 1 heterocycles. The molecule has 0 aliphatic carbocycles. The highest BCUT2D eigenvalue weighted by Gasteiger charge is 2.42. The van der Waals surface area contributed by atoms with E-state index in [0.717, 1.165) is 5.56 Å². The Kier molecular flexibility index (Phi) is 4.92. The second kappa shape index (κ2) is 6.88. The molecule has 0 fully saturated rings. The Balaban J connectivity index is 2.30. The van der Waals surface area contributed by atoms with Crippen LogP contribution in [0, 0.1) is 0 Å². The fourth-order valence-corrected chi connectivity index (χ4v) is 2.25. The summed E-state index contributed by atoms with van der Waals surface area (Å²) in [6.45, 7) is 3.98. The zero-order valence-corrected chi connectivity index (χ0v) is 12.0. The van der Waals surface area contributed by atoms with Crippen molar-refractivity contribution in [1.29, 1.82) is 0 Å². The highest BCUT2D eigenvalue weighted by molar-refractivity contribution is 6.39. The molecule has 0 radical (unpaired) electrons. The van der Waals surface area contributed by atoms with Gasteiger partial charge in [-0.05, 0) is 19.4 Å². The number of hydrazone groups is 1. The first-order valence-corrected chi connectivity index (χ1v) is 6.90. The summed E-state index contributed by atoms with van der Waals surface area (Å²) in [5.41, 5.74) is 3.70. The fraction of sp³-hybridized carbons (Fsp3) is 0.400. The molecule has 2 atom stereocenters. The smallest absolute Gasteiger partial charge is 0.355 e. The predicted molar refractivity (Wildman–Crippen MR) is 76.8 cm³/mol. The normalized spacial score (nSPS) is 20.4. The minimum atomic E-state index is -0.716. The van der Waals surface area contributed by atoms with E-state index < -0.39 is 23.9 Å². The maximum atomic E-state index is 12.0. The van der Waals surface area contributed by atoms with Crippen LogP contribution in [0.4, 0.5) is 0 Å². The van der Waals surface area contributed by atoms with Crippen LogP contribution < -0.4 is 5.43 Å². The fourth-order valence-electron chi connectivity index (χ4n) is 2.25. The number of esters is 2.